The molecule has 0 saturated carbocycles. The molecule has 122 valence electrons. The summed E-state index contributed by atoms with van der Waals surface area (Å²) in [4.78, 5) is 14.4. The quantitative estimate of drug-likeness (QED) is 0.793. The Hall–Kier alpha value is -1.46. The molecule has 0 spiro atoms. The summed E-state index contributed by atoms with van der Waals surface area (Å²) in [5.41, 5.74) is 0.767. The van der Waals surface area contributed by atoms with Crippen molar-refractivity contribution < 1.29 is 26.7 Å². The summed E-state index contributed by atoms with van der Waals surface area (Å²) < 4.78 is 11.0. The molecule has 1 saturated heterocycles. The number of amides is 1. The summed E-state index contributed by atoms with van der Waals surface area (Å²) in [6.07, 6.45) is 4.36. The van der Waals surface area contributed by atoms with E-state index in [1.165, 1.54) is 19.3 Å². The van der Waals surface area contributed by atoms with Gasteiger partial charge in [-0.1, -0.05) is 6.42 Å². The average Bonchev–Trinajstić information content (AvgIpc) is 2.54. The summed E-state index contributed by atoms with van der Waals surface area (Å²) in [5, 5.41) is 2.93. The van der Waals surface area contributed by atoms with Crippen molar-refractivity contribution >= 4 is 11.6 Å². The SMILES string of the molecule is O=C(CCN1CCCCC1)Nc1ccc2c(c1)OCCO2.[Cl-]. The normalized spacial score (nSPS) is 17.5. The number of hydrogen-bond donors (Lipinski definition) is 1. The monoisotopic (exact) mass is 325 g/mol. The number of fused-ring (bicyclic) bond motifs is 1. The molecule has 0 aromatic heterocycles. The topological polar surface area (TPSA) is 50.8 Å². The molecule has 0 atom stereocenters. The average molecular weight is 326 g/mol. The predicted molar refractivity (Wildman–Crippen MR) is 81.0 cm³/mol. The molecule has 22 heavy (non-hydrogen) atoms. The van der Waals surface area contributed by atoms with Crippen molar-refractivity contribution in [2.24, 2.45) is 0 Å². The molecule has 1 aromatic carbocycles. The molecule has 5 nitrogen and oxygen atoms in total. The minimum absolute atomic E-state index is 0. The number of halogens is 1. The molecule has 1 N–H and O–H groups in total. The zero-order chi connectivity index (χ0) is 14.5. The first-order valence-corrected chi connectivity index (χ1v) is 7.73. The number of ether oxygens (including phenoxy) is 2. The summed E-state index contributed by atoms with van der Waals surface area (Å²) in [6.45, 7) is 4.22. The fourth-order valence-electron chi connectivity index (χ4n) is 2.79. The molecule has 2 aliphatic heterocycles. The number of carbonyl (C=O) groups is 1. The highest BCUT2D eigenvalue weighted by molar-refractivity contribution is 5.91. The zero-order valence-electron chi connectivity index (χ0n) is 12.6. The number of nitrogens with one attached hydrogen (secondary N) is 1. The third kappa shape index (κ3) is 4.52. The van der Waals surface area contributed by atoms with Gasteiger partial charge in [0.1, 0.15) is 13.2 Å². The summed E-state index contributed by atoms with van der Waals surface area (Å²) in [5.74, 6) is 1.50. The molecule has 1 amide bonds. The maximum absolute atomic E-state index is 12.0. The van der Waals surface area contributed by atoms with Gasteiger partial charge in [-0.05, 0) is 38.1 Å². The second kappa shape index (κ2) is 8.25. The minimum atomic E-state index is 0. The third-order valence-electron chi connectivity index (χ3n) is 3.93. The van der Waals surface area contributed by atoms with E-state index in [4.69, 9.17) is 9.47 Å². The maximum Gasteiger partial charge on any atom is 0.225 e. The van der Waals surface area contributed by atoms with E-state index in [2.05, 4.69) is 10.2 Å². The standard InChI is InChI=1S/C16H22N2O3.ClH/c19-16(6-9-18-7-2-1-3-8-18)17-13-4-5-14-15(12-13)21-11-10-20-14;/h4-5,12H,1-3,6-11H2,(H,17,19);1H/p-1. The highest BCUT2D eigenvalue weighted by Crippen LogP contribution is 2.32. The van der Waals surface area contributed by atoms with Gasteiger partial charge in [0.15, 0.2) is 11.5 Å². The number of piperidine rings is 1. The van der Waals surface area contributed by atoms with Crippen LogP contribution in [0.25, 0.3) is 0 Å². The number of nitrogens with zero attached hydrogens (tertiary/aromatic N) is 1. The molecule has 1 fully saturated rings. The van der Waals surface area contributed by atoms with Crippen molar-refractivity contribution in [1.29, 1.82) is 0 Å². The zero-order valence-corrected chi connectivity index (χ0v) is 13.4. The van der Waals surface area contributed by atoms with Crippen LogP contribution in [0.3, 0.4) is 0 Å². The molecular formula is C16H22ClN2O3-. The molecule has 0 unspecified atom stereocenters. The summed E-state index contributed by atoms with van der Waals surface area (Å²) in [6, 6.07) is 5.52. The lowest BCUT2D eigenvalue weighted by atomic mass is 10.1. The Morgan fingerprint density at radius 1 is 1.09 bits per heavy atom. The lowest BCUT2D eigenvalue weighted by Gasteiger charge is -2.26. The van der Waals surface area contributed by atoms with Gasteiger partial charge < -0.3 is 32.1 Å². The first-order valence-electron chi connectivity index (χ1n) is 7.73. The lowest BCUT2D eigenvalue weighted by molar-refractivity contribution is -0.116. The summed E-state index contributed by atoms with van der Waals surface area (Å²) >= 11 is 0. The number of rotatable bonds is 4. The van der Waals surface area contributed by atoms with E-state index in [1.54, 1.807) is 0 Å². The van der Waals surface area contributed by atoms with Gasteiger partial charge in [0.2, 0.25) is 5.91 Å². The first kappa shape index (κ1) is 16.9. The van der Waals surface area contributed by atoms with Gasteiger partial charge in [0.25, 0.3) is 0 Å². The molecule has 0 radical (unpaired) electrons. The van der Waals surface area contributed by atoms with Crippen molar-refractivity contribution in [3.63, 3.8) is 0 Å². The second-order valence-corrected chi connectivity index (χ2v) is 5.56. The molecule has 2 aliphatic rings. The van der Waals surface area contributed by atoms with Crippen molar-refractivity contribution in [2.75, 3.05) is 38.2 Å². The van der Waals surface area contributed by atoms with Gasteiger partial charge in [0, 0.05) is 24.7 Å². The Morgan fingerprint density at radius 2 is 1.82 bits per heavy atom. The molecule has 3 rings (SSSR count). The van der Waals surface area contributed by atoms with Gasteiger partial charge >= 0.3 is 0 Å². The van der Waals surface area contributed by atoms with Crippen LogP contribution in [0.1, 0.15) is 25.7 Å². The number of hydrogen-bond acceptors (Lipinski definition) is 4. The molecular weight excluding hydrogens is 304 g/mol. The fraction of sp³-hybridized carbons (Fsp3) is 0.562. The van der Waals surface area contributed by atoms with Gasteiger partial charge in [-0.2, -0.15) is 0 Å². The molecule has 6 heteroatoms. The van der Waals surface area contributed by atoms with Crippen LogP contribution in [0.4, 0.5) is 5.69 Å². The van der Waals surface area contributed by atoms with Crippen molar-refractivity contribution in [3.05, 3.63) is 18.2 Å². The fourth-order valence-corrected chi connectivity index (χ4v) is 2.79. The van der Waals surface area contributed by atoms with Crippen LogP contribution in [-0.2, 0) is 4.79 Å². The molecule has 0 aliphatic carbocycles. The van der Waals surface area contributed by atoms with Gasteiger partial charge in [-0.3, -0.25) is 4.79 Å². The Bertz CT molecular complexity index is 504. The summed E-state index contributed by atoms with van der Waals surface area (Å²) in [7, 11) is 0. The number of carbonyl (C=O) groups excluding carboxylic acids is 1. The van der Waals surface area contributed by atoms with Crippen molar-refractivity contribution in [2.45, 2.75) is 25.7 Å². The van der Waals surface area contributed by atoms with E-state index >= 15 is 0 Å². The van der Waals surface area contributed by atoms with Crippen LogP contribution in [0.5, 0.6) is 11.5 Å². The van der Waals surface area contributed by atoms with Gasteiger partial charge in [0.05, 0.1) is 0 Å². The van der Waals surface area contributed by atoms with Crippen LogP contribution in [0.2, 0.25) is 0 Å². The number of likely N-dealkylation sites (tertiary alicyclic amines) is 1. The Labute approximate surface area is 137 Å². The van der Waals surface area contributed by atoms with Crippen LogP contribution in [0.15, 0.2) is 18.2 Å². The molecule has 1 aromatic rings. The second-order valence-electron chi connectivity index (χ2n) is 5.56. The lowest BCUT2D eigenvalue weighted by Crippen LogP contribution is -3.00. The molecule has 2 heterocycles. The highest BCUT2D eigenvalue weighted by Gasteiger charge is 2.14. The van der Waals surface area contributed by atoms with E-state index in [0.29, 0.717) is 25.4 Å². The van der Waals surface area contributed by atoms with E-state index in [1.807, 2.05) is 18.2 Å². The van der Waals surface area contributed by atoms with Crippen molar-refractivity contribution in [3.8, 4) is 11.5 Å². The van der Waals surface area contributed by atoms with E-state index in [0.717, 1.165) is 31.1 Å². The first-order chi connectivity index (χ1) is 10.3. The maximum atomic E-state index is 12.0. The minimum Gasteiger partial charge on any atom is -1.00 e. The third-order valence-corrected chi connectivity index (χ3v) is 3.93. The van der Waals surface area contributed by atoms with Crippen molar-refractivity contribution in [1.82, 2.24) is 4.90 Å². The van der Waals surface area contributed by atoms with Gasteiger partial charge in [-0.15, -0.1) is 0 Å². The van der Waals surface area contributed by atoms with Gasteiger partial charge in [-0.25, -0.2) is 0 Å². The Balaban J connectivity index is 0.00000176. The highest BCUT2D eigenvalue weighted by atomic mass is 35.5. The van der Waals surface area contributed by atoms with E-state index in [9.17, 15) is 4.79 Å². The number of benzene rings is 1. The van der Waals surface area contributed by atoms with E-state index < -0.39 is 0 Å². The van der Waals surface area contributed by atoms with Crippen LogP contribution < -0.4 is 27.2 Å². The smallest absolute Gasteiger partial charge is 0.225 e. The van der Waals surface area contributed by atoms with E-state index in [-0.39, 0.29) is 18.3 Å². The number of anilines is 1. The van der Waals surface area contributed by atoms with Crippen LogP contribution in [0, 0.1) is 0 Å². The largest absolute Gasteiger partial charge is 1.00 e. The Morgan fingerprint density at radius 3 is 2.59 bits per heavy atom. The molecule has 0 bridgehead atoms. The van der Waals surface area contributed by atoms with Crippen LogP contribution >= 0.6 is 0 Å². The Kier molecular flexibility index (Phi) is 6.34. The van der Waals surface area contributed by atoms with Crippen LogP contribution in [-0.4, -0.2) is 43.7 Å². The predicted octanol–water partition coefficient (Wildman–Crippen LogP) is -0.724.